The van der Waals surface area contributed by atoms with Crippen LogP contribution in [0.3, 0.4) is 0 Å². The maximum atomic E-state index is 12.2. The van der Waals surface area contributed by atoms with Crippen molar-refractivity contribution in [2.24, 2.45) is 5.92 Å². The Kier molecular flexibility index (Phi) is 4.29. The van der Waals surface area contributed by atoms with E-state index in [0.29, 0.717) is 18.2 Å². The molecule has 0 aliphatic heterocycles. The summed E-state index contributed by atoms with van der Waals surface area (Å²) in [4.78, 5) is 10.9. The van der Waals surface area contributed by atoms with Gasteiger partial charge in [0.25, 0.3) is 0 Å². The molecular formula is C13H17NO5S. The molecule has 7 heteroatoms. The minimum Gasteiger partial charge on any atom is -0.497 e. The first-order chi connectivity index (χ1) is 9.42. The van der Waals surface area contributed by atoms with Crippen LogP contribution in [0.15, 0.2) is 23.1 Å². The summed E-state index contributed by atoms with van der Waals surface area (Å²) in [5, 5.41) is 8.89. The fourth-order valence-corrected chi connectivity index (χ4v) is 3.21. The van der Waals surface area contributed by atoms with E-state index in [4.69, 9.17) is 9.84 Å². The van der Waals surface area contributed by atoms with E-state index in [2.05, 4.69) is 4.72 Å². The smallest absolute Gasteiger partial charge is 0.307 e. The van der Waals surface area contributed by atoms with Gasteiger partial charge in [0.15, 0.2) is 0 Å². The summed E-state index contributed by atoms with van der Waals surface area (Å²) in [5.41, 5.74) is 0.222. The molecule has 0 aromatic heterocycles. The maximum absolute atomic E-state index is 12.2. The summed E-state index contributed by atoms with van der Waals surface area (Å²) in [6.45, 7) is 0.404. The van der Waals surface area contributed by atoms with Gasteiger partial charge >= 0.3 is 5.97 Å². The molecule has 1 aliphatic carbocycles. The van der Waals surface area contributed by atoms with Gasteiger partial charge in [-0.2, -0.15) is 0 Å². The average molecular weight is 299 g/mol. The molecule has 0 saturated heterocycles. The highest BCUT2D eigenvalue weighted by Crippen LogP contribution is 2.29. The first-order valence-corrected chi connectivity index (χ1v) is 7.79. The zero-order chi connectivity index (χ0) is 14.8. The van der Waals surface area contributed by atoms with Crippen LogP contribution < -0.4 is 9.46 Å². The van der Waals surface area contributed by atoms with Crippen LogP contribution in [0, 0.1) is 5.92 Å². The predicted molar refractivity (Wildman–Crippen MR) is 72.2 cm³/mol. The molecule has 20 heavy (non-hydrogen) atoms. The van der Waals surface area contributed by atoms with Gasteiger partial charge in [0.1, 0.15) is 5.75 Å². The van der Waals surface area contributed by atoms with Gasteiger partial charge in [-0.15, -0.1) is 0 Å². The van der Waals surface area contributed by atoms with Gasteiger partial charge in [-0.25, -0.2) is 13.1 Å². The minimum absolute atomic E-state index is 0.00125. The summed E-state index contributed by atoms with van der Waals surface area (Å²) in [6, 6.07) is 4.34. The zero-order valence-corrected chi connectivity index (χ0v) is 11.9. The highest BCUT2D eigenvalue weighted by Gasteiger charge is 2.26. The van der Waals surface area contributed by atoms with Crippen LogP contribution in [0.1, 0.15) is 18.4 Å². The summed E-state index contributed by atoms with van der Waals surface area (Å²) < 4.78 is 32.0. The average Bonchev–Trinajstić information content (AvgIpc) is 3.19. The molecule has 1 saturated carbocycles. The van der Waals surface area contributed by atoms with E-state index in [-0.39, 0.29) is 16.9 Å². The number of hydrogen-bond acceptors (Lipinski definition) is 4. The van der Waals surface area contributed by atoms with E-state index in [9.17, 15) is 13.2 Å². The Bertz CT molecular complexity index is 607. The Morgan fingerprint density at radius 2 is 2.15 bits per heavy atom. The first kappa shape index (κ1) is 14.8. The molecule has 2 rings (SSSR count). The van der Waals surface area contributed by atoms with E-state index in [1.807, 2.05) is 0 Å². The molecule has 1 aromatic carbocycles. The molecule has 2 N–H and O–H groups in total. The lowest BCUT2D eigenvalue weighted by Crippen LogP contribution is -2.27. The lowest BCUT2D eigenvalue weighted by atomic mass is 10.1. The molecule has 1 fully saturated rings. The van der Waals surface area contributed by atoms with Gasteiger partial charge < -0.3 is 9.84 Å². The van der Waals surface area contributed by atoms with Gasteiger partial charge in [0.05, 0.1) is 18.4 Å². The Balaban J connectivity index is 2.29. The molecular weight excluding hydrogens is 282 g/mol. The van der Waals surface area contributed by atoms with E-state index in [1.165, 1.54) is 25.3 Å². The zero-order valence-electron chi connectivity index (χ0n) is 11.1. The van der Waals surface area contributed by atoms with Crippen LogP contribution in [0.2, 0.25) is 0 Å². The number of aliphatic carboxylic acids is 1. The minimum atomic E-state index is -3.69. The summed E-state index contributed by atoms with van der Waals surface area (Å²) >= 11 is 0. The predicted octanol–water partition coefficient (Wildman–Crippen LogP) is 1.01. The summed E-state index contributed by atoms with van der Waals surface area (Å²) in [5.74, 6) is -0.245. The second-order valence-electron chi connectivity index (χ2n) is 4.84. The number of rotatable bonds is 7. The number of nitrogens with one attached hydrogen (secondary N) is 1. The first-order valence-electron chi connectivity index (χ1n) is 6.31. The highest BCUT2D eigenvalue weighted by molar-refractivity contribution is 7.89. The van der Waals surface area contributed by atoms with E-state index in [0.717, 1.165) is 12.8 Å². The quantitative estimate of drug-likeness (QED) is 0.784. The van der Waals surface area contributed by atoms with Crippen LogP contribution in [0.5, 0.6) is 5.75 Å². The van der Waals surface area contributed by atoms with Gasteiger partial charge in [0.2, 0.25) is 10.0 Å². The van der Waals surface area contributed by atoms with Crippen molar-refractivity contribution in [3.05, 3.63) is 23.8 Å². The van der Waals surface area contributed by atoms with E-state index in [1.54, 1.807) is 0 Å². The second-order valence-corrected chi connectivity index (χ2v) is 6.57. The number of benzene rings is 1. The third-order valence-corrected chi connectivity index (χ3v) is 4.68. The third-order valence-electron chi connectivity index (χ3n) is 3.16. The Labute approximate surface area is 117 Å². The fraction of sp³-hybridized carbons (Fsp3) is 0.462. The summed E-state index contributed by atoms with van der Waals surface area (Å²) in [6.07, 6.45) is 1.71. The van der Waals surface area contributed by atoms with Crippen LogP contribution in [0.4, 0.5) is 0 Å². The number of carboxylic acids is 1. The molecule has 1 aromatic rings. The fourth-order valence-electron chi connectivity index (χ4n) is 1.87. The van der Waals surface area contributed by atoms with Gasteiger partial charge in [-0.05, 0) is 42.5 Å². The van der Waals surface area contributed by atoms with Gasteiger partial charge in [0, 0.05) is 6.54 Å². The number of methoxy groups -OCH3 is 1. The van der Waals surface area contributed by atoms with Crippen molar-refractivity contribution < 1.29 is 23.1 Å². The molecule has 110 valence electrons. The van der Waals surface area contributed by atoms with Gasteiger partial charge in [-0.1, -0.05) is 0 Å². The topological polar surface area (TPSA) is 92.7 Å². The molecule has 1 aliphatic rings. The van der Waals surface area contributed by atoms with Crippen LogP contribution in [-0.2, 0) is 21.2 Å². The molecule has 0 heterocycles. The van der Waals surface area contributed by atoms with Crippen LogP contribution >= 0.6 is 0 Å². The molecule has 0 atom stereocenters. The number of ether oxygens (including phenoxy) is 1. The van der Waals surface area contributed by atoms with E-state index >= 15 is 0 Å². The monoisotopic (exact) mass is 299 g/mol. The van der Waals surface area contributed by atoms with Crippen LogP contribution in [-0.4, -0.2) is 33.1 Å². The Hall–Kier alpha value is -1.60. The van der Waals surface area contributed by atoms with Crippen molar-refractivity contribution in [3.63, 3.8) is 0 Å². The molecule has 0 amide bonds. The van der Waals surface area contributed by atoms with Crippen molar-refractivity contribution in [3.8, 4) is 5.75 Å². The number of hydrogen-bond donors (Lipinski definition) is 2. The SMILES string of the molecule is COc1ccc(S(=O)(=O)NCC2CC2)c(CC(=O)O)c1. The molecule has 0 spiro atoms. The number of carbonyl (C=O) groups is 1. The second kappa shape index (κ2) is 5.80. The Morgan fingerprint density at radius 3 is 2.70 bits per heavy atom. The molecule has 0 bridgehead atoms. The molecule has 0 unspecified atom stereocenters. The lowest BCUT2D eigenvalue weighted by Gasteiger charge is -2.11. The van der Waals surface area contributed by atoms with Crippen molar-refractivity contribution >= 4 is 16.0 Å². The Morgan fingerprint density at radius 1 is 1.45 bits per heavy atom. The van der Waals surface area contributed by atoms with Crippen LogP contribution in [0.25, 0.3) is 0 Å². The number of sulfonamides is 1. The van der Waals surface area contributed by atoms with E-state index < -0.39 is 16.0 Å². The van der Waals surface area contributed by atoms with Gasteiger partial charge in [-0.3, -0.25) is 4.79 Å². The lowest BCUT2D eigenvalue weighted by molar-refractivity contribution is -0.136. The van der Waals surface area contributed by atoms with Crippen molar-refractivity contribution in [1.82, 2.24) is 4.72 Å². The maximum Gasteiger partial charge on any atom is 0.307 e. The summed E-state index contributed by atoms with van der Waals surface area (Å²) in [7, 11) is -2.24. The molecule has 0 radical (unpaired) electrons. The third kappa shape index (κ3) is 3.71. The van der Waals surface area contributed by atoms with Crippen molar-refractivity contribution in [1.29, 1.82) is 0 Å². The van der Waals surface area contributed by atoms with Crippen molar-refractivity contribution in [2.45, 2.75) is 24.2 Å². The van der Waals surface area contributed by atoms with Crippen molar-refractivity contribution in [2.75, 3.05) is 13.7 Å². The standard InChI is InChI=1S/C13H17NO5S/c1-19-11-4-5-12(10(6-11)7-13(15)16)20(17,18)14-8-9-2-3-9/h4-6,9,14H,2-3,7-8H2,1H3,(H,15,16). The normalized spacial score (nSPS) is 15.1. The number of carboxylic acid groups (broad SMARTS) is 1. The largest absolute Gasteiger partial charge is 0.497 e. The highest BCUT2D eigenvalue weighted by atomic mass is 32.2. The molecule has 6 nitrogen and oxygen atoms in total.